The number of anilines is 1. The van der Waals surface area contributed by atoms with Crippen molar-refractivity contribution in [3.8, 4) is 0 Å². The molecular weight excluding hydrogens is 378 g/mol. The van der Waals surface area contributed by atoms with Gasteiger partial charge in [0.1, 0.15) is 0 Å². The Morgan fingerprint density at radius 3 is 2.50 bits per heavy atom. The van der Waals surface area contributed by atoms with Crippen molar-refractivity contribution in [3.63, 3.8) is 0 Å². The lowest BCUT2D eigenvalue weighted by Crippen LogP contribution is -2.27. The molecule has 0 saturated heterocycles. The number of aryl methyl sites for hydroxylation is 1. The molecule has 0 aromatic heterocycles. The third-order valence-corrected chi connectivity index (χ3v) is 4.92. The van der Waals surface area contributed by atoms with Crippen LogP contribution in [0.2, 0.25) is 5.02 Å². The smallest absolute Gasteiger partial charge is 0.252 e. The lowest BCUT2D eigenvalue weighted by molar-refractivity contribution is -0.116. The summed E-state index contributed by atoms with van der Waals surface area (Å²) in [7, 11) is -3.88. The Bertz CT molecular complexity index is 945. The number of halogens is 1. The number of hydrogen-bond acceptors (Lipinski definition) is 4. The second-order valence-electron chi connectivity index (χ2n) is 5.56. The summed E-state index contributed by atoms with van der Waals surface area (Å²) in [5.41, 5.74) is 1.12. The zero-order chi connectivity index (χ0) is 19.3. The first kappa shape index (κ1) is 19.9. The van der Waals surface area contributed by atoms with E-state index in [1.165, 1.54) is 6.07 Å². The highest BCUT2D eigenvalue weighted by Gasteiger charge is 2.14. The van der Waals surface area contributed by atoms with Gasteiger partial charge >= 0.3 is 0 Å². The van der Waals surface area contributed by atoms with Crippen LogP contribution in [-0.2, 0) is 14.8 Å². The summed E-state index contributed by atoms with van der Waals surface area (Å²) in [5.74, 6) is -0.760. The number of sulfonamides is 1. The molecule has 7 nitrogen and oxygen atoms in total. The van der Waals surface area contributed by atoms with Crippen molar-refractivity contribution in [2.24, 2.45) is 5.14 Å². The van der Waals surface area contributed by atoms with Crippen molar-refractivity contribution in [1.29, 1.82) is 0 Å². The summed E-state index contributed by atoms with van der Waals surface area (Å²) in [4.78, 5) is 23.9. The molecule has 0 aliphatic heterocycles. The van der Waals surface area contributed by atoms with Crippen molar-refractivity contribution >= 4 is 39.1 Å². The van der Waals surface area contributed by atoms with Crippen molar-refractivity contribution in [2.45, 2.75) is 18.2 Å². The highest BCUT2D eigenvalue weighted by molar-refractivity contribution is 7.89. The average molecular weight is 396 g/mol. The van der Waals surface area contributed by atoms with Gasteiger partial charge in [-0.25, -0.2) is 13.6 Å². The van der Waals surface area contributed by atoms with E-state index in [1.807, 2.05) is 0 Å². The van der Waals surface area contributed by atoms with E-state index in [1.54, 1.807) is 43.3 Å². The minimum atomic E-state index is -3.88. The molecule has 0 bridgehead atoms. The Morgan fingerprint density at radius 1 is 1.15 bits per heavy atom. The second kappa shape index (κ2) is 8.31. The molecule has 9 heteroatoms. The first-order valence-corrected chi connectivity index (χ1v) is 9.57. The Labute approximate surface area is 156 Å². The zero-order valence-electron chi connectivity index (χ0n) is 14.0. The fourth-order valence-corrected chi connectivity index (χ4v) is 3.27. The number of nitrogens with one attached hydrogen (secondary N) is 2. The molecule has 2 aromatic rings. The van der Waals surface area contributed by atoms with E-state index < -0.39 is 10.0 Å². The number of benzene rings is 2. The molecule has 2 amide bonds. The fourth-order valence-electron chi connectivity index (χ4n) is 2.24. The summed E-state index contributed by atoms with van der Waals surface area (Å²) in [6, 6.07) is 11.0. The van der Waals surface area contributed by atoms with Gasteiger partial charge in [0, 0.05) is 18.7 Å². The number of rotatable bonds is 6. The first-order valence-electron chi connectivity index (χ1n) is 7.64. The molecular formula is C17H18ClN3O4S. The van der Waals surface area contributed by atoms with E-state index in [0.29, 0.717) is 21.8 Å². The summed E-state index contributed by atoms with van der Waals surface area (Å²) >= 11 is 5.93. The quantitative estimate of drug-likeness (QED) is 0.693. The molecule has 4 N–H and O–H groups in total. The Morgan fingerprint density at radius 2 is 1.85 bits per heavy atom. The van der Waals surface area contributed by atoms with E-state index in [9.17, 15) is 18.0 Å². The van der Waals surface area contributed by atoms with Gasteiger partial charge in [-0.05, 0) is 36.8 Å². The maximum absolute atomic E-state index is 12.0. The van der Waals surface area contributed by atoms with Crippen LogP contribution in [0.4, 0.5) is 5.69 Å². The van der Waals surface area contributed by atoms with E-state index in [-0.39, 0.29) is 29.7 Å². The molecule has 0 spiro atoms. The summed E-state index contributed by atoms with van der Waals surface area (Å²) < 4.78 is 23.0. The van der Waals surface area contributed by atoms with Gasteiger partial charge in [-0.1, -0.05) is 29.8 Å². The van der Waals surface area contributed by atoms with Crippen LogP contribution < -0.4 is 15.8 Å². The van der Waals surface area contributed by atoms with Gasteiger partial charge in [0.15, 0.2) is 0 Å². The normalized spacial score (nSPS) is 11.0. The van der Waals surface area contributed by atoms with E-state index in [4.69, 9.17) is 16.7 Å². The summed E-state index contributed by atoms with van der Waals surface area (Å²) in [6.45, 7) is 1.71. The van der Waals surface area contributed by atoms with Gasteiger partial charge in [0.25, 0.3) is 5.91 Å². The average Bonchev–Trinajstić information content (AvgIpc) is 2.56. The van der Waals surface area contributed by atoms with Crippen molar-refractivity contribution in [2.75, 3.05) is 11.9 Å². The molecule has 0 atom stereocenters. The maximum Gasteiger partial charge on any atom is 0.252 e. The van der Waals surface area contributed by atoms with Gasteiger partial charge in [0.2, 0.25) is 15.9 Å². The van der Waals surface area contributed by atoms with Crippen LogP contribution in [-0.4, -0.2) is 26.8 Å². The summed E-state index contributed by atoms with van der Waals surface area (Å²) in [5, 5.41) is 10.6. The number of primary sulfonamides is 1. The van der Waals surface area contributed by atoms with Crippen molar-refractivity contribution < 1.29 is 18.0 Å². The van der Waals surface area contributed by atoms with Crippen LogP contribution >= 0.6 is 11.6 Å². The minimum Gasteiger partial charge on any atom is -0.351 e. The third kappa shape index (κ3) is 5.29. The van der Waals surface area contributed by atoms with Crippen LogP contribution in [0.5, 0.6) is 0 Å². The summed E-state index contributed by atoms with van der Waals surface area (Å²) in [6.07, 6.45) is 0.00871. The zero-order valence-corrected chi connectivity index (χ0v) is 15.5. The number of hydrogen-bond donors (Lipinski definition) is 3. The largest absolute Gasteiger partial charge is 0.351 e. The molecule has 0 radical (unpaired) electrons. The SMILES string of the molecule is Cc1ccc(NC(=O)CCNC(=O)c2ccccc2Cl)cc1S(N)(=O)=O. The van der Waals surface area contributed by atoms with Gasteiger partial charge < -0.3 is 10.6 Å². The fraction of sp³-hybridized carbons (Fsp3) is 0.176. The number of nitrogens with two attached hydrogens (primary N) is 1. The molecule has 0 heterocycles. The van der Waals surface area contributed by atoms with Gasteiger partial charge in [-0.3, -0.25) is 9.59 Å². The molecule has 2 aromatic carbocycles. The van der Waals surface area contributed by atoms with Crippen LogP contribution in [0.15, 0.2) is 47.4 Å². The maximum atomic E-state index is 12.0. The topological polar surface area (TPSA) is 118 Å². The standard InChI is InChI=1S/C17H18ClN3O4S/c1-11-6-7-12(10-15(11)26(19,24)25)21-16(22)8-9-20-17(23)13-4-2-3-5-14(13)18/h2-7,10H,8-9H2,1H3,(H,20,23)(H,21,22)(H2,19,24,25). The Kier molecular flexibility index (Phi) is 6.36. The molecule has 26 heavy (non-hydrogen) atoms. The number of carbonyl (C=O) groups is 2. The van der Waals surface area contributed by atoms with Crippen molar-refractivity contribution in [3.05, 3.63) is 58.6 Å². The highest BCUT2D eigenvalue weighted by Crippen LogP contribution is 2.19. The molecule has 0 fully saturated rings. The number of carbonyl (C=O) groups excluding carboxylic acids is 2. The van der Waals surface area contributed by atoms with Crippen molar-refractivity contribution in [1.82, 2.24) is 5.32 Å². The highest BCUT2D eigenvalue weighted by atomic mass is 35.5. The van der Waals surface area contributed by atoms with E-state index >= 15 is 0 Å². The van der Waals surface area contributed by atoms with Crippen LogP contribution in [0.3, 0.4) is 0 Å². The molecule has 0 aliphatic rings. The van der Waals surface area contributed by atoms with E-state index in [0.717, 1.165) is 0 Å². The van der Waals surface area contributed by atoms with Crippen LogP contribution in [0.1, 0.15) is 22.3 Å². The van der Waals surface area contributed by atoms with E-state index in [2.05, 4.69) is 10.6 Å². The van der Waals surface area contributed by atoms with Gasteiger partial charge in [-0.15, -0.1) is 0 Å². The third-order valence-electron chi connectivity index (χ3n) is 3.53. The second-order valence-corrected chi connectivity index (χ2v) is 7.50. The minimum absolute atomic E-state index is 0.00871. The Balaban J connectivity index is 1.92. The predicted octanol–water partition coefficient (Wildman–Crippen LogP) is 2.05. The van der Waals surface area contributed by atoms with Crippen LogP contribution in [0, 0.1) is 6.92 Å². The van der Waals surface area contributed by atoms with Crippen LogP contribution in [0.25, 0.3) is 0 Å². The first-order chi connectivity index (χ1) is 12.2. The van der Waals surface area contributed by atoms with Gasteiger partial charge in [-0.2, -0.15) is 0 Å². The number of amides is 2. The Hall–Kier alpha value is -2.42. The van der Waals surface area contributed by atoms with Gasteiger partial charge in [0.05, 0.1) is 15.5 Å². The molecule has 0 unspecified atom stereocenters. The molecule has 138 valence electrons. The molecule has 2 rings (SSSR count). The predicted molar refractivity (Wildman–Crippen MR) is 99.6 cm³/mol. The monoisotopic (exact) mass is 395 g/mol. The molecule has 0 saturated carbocycles. The lowest BCUT2D eigenvalue weighted by Gasteiger charge is -2.10. The molecule has 0 aliphatic carbocycles. The lowest BCUT2D eigenvalue weighted by atomic mass is 10.2.